The number of fused-ring (bicyclic) bond motifs is 5. The van der Waals surface area contributed by atoms with Gasteiger partial charge in [-0.05, 0) is 93.4 Å². The van der Waals surface area contributed by atoms with E-state index in [-0.39, 0.29) is 5.41 Å². The summed E-state index contributed by atoms with van der Waals surface area (Å²) in [5.41, 5.74) is 8.57. The summed E-state index contributed by atoms with van der Waals surface area (Å²) in [5.74, 6) is 0. The van der Waals surface area contributed by atoms with Gasteiger partial charge in [0.2, 0.25) is 0 Å². The van der Waals surface area contributed by atoms with Gasteiger partial charge in [0.05, 0.1) is 0 Å². The lowest BCUT2D eigenvalue weighted by Crippen LogP contribution is -2.23. The molecule has 2 aromatic heterocycles. The second kappa shape index (κ2) is 7.91. The summed E-state index contributed by atoms with van der Waals surface area (Å²) in [7, 11) is 0. The van der Waals surface area contributed by atoms with Gasteiger partial charge in [-0.1, -0.05) is 74.5 Å². The largest absolute Gasteiger partial charge is 0.135 e. The van der Waals surface area contributed by atoms with Gasteiger partial charge in [-0.25, -0.2) is 0 Å². The van der Waals surface area contributed by atoms with Crippen molar-refractivity contribution >= 4 is 42.8 Å². The van der Waals surface area contributed by atoms with Crippen LogP contribution in [0.4, 0.5) is 0 Å². The quantitative estimate of drug-likeness (QED) is 0.232. The molecular weight excluding hydrogens is 460 g/mol. The molecule has 0 amide bonds. The predicted octanol–water partition coefficient (Wildman–Crippen LogP) is 10.5. The lowest BCUT2D eigenvalue weighted by molar-refractivity contribution is 0.491. The van der Waals surface area contributed by atoms with Gasteiger partial charge in [0, 0.05) is 24.6 Å². The van der Waals surface area contributed by atoms with Gasteiger partial charge in [-0.15, -0.1) is 22.7 Å². The molecule has 35 heavy (non-hydrogen) atoms. The maximum Gasteiger partial charge on any atom is 0.0355 e. The molecule has 0 unspecified atom stereocenters. The summed E-state index contributed by atoms with van der Waals surface area (Å²) in [6, 6.07) is 36.5. The molecule has 6 aromatic rings. The van der Waals surface area contributed by atoms with Crippen LogP contribution in [0.15, 0.2) is 97.1 Å². The molecule has 170 valence electrons. The third-order valence-electron chi connectivity index (χ3n) is 7.99. The fourth-order valence-corrected chi connectivity index (χ4v) is 8.18. The van der Waals surface area contributed by atoms with E-state index in [1.54, 1.807) is 0 Å². The molecule has 4 aromatic carbocycles. The minimum Gasteiger partial charge on any atom is -0.135 e. The van der Waals surface area contributed by atoms with Crippen molar-refractivity contribution in [3.8, 4) is 32.0 Å². The number of benzene rings is 4. The van der Waals surface area contributed by atoms with E-state index in [1.165, 1.54) is 63.3 Å². The van der Waals surface area contributed by atoms with E-state index in [9.17, 15) is 0 Å². The van der Waals surface area contributed by atoms with E-state index in [1.807, 2.05) is 22.7 Å². The molecule has 0 bridgehead atoms. The molecule has 7 rings (SSSR count). The van der Waals surface area contributed by atoms with E-state index in [2.05, 4.69) is 111 Å². The Balaban J connectivity index is 1.38. The van der Waals surface area contributed by atoms with Crippen molar-refractivity contribution in [1.29, 1.82) is 0 Å². The average molecular weight is 487 g/mol. The highest BCUT2D eigenvalue weighted by Gasteiger charge is 2.40. The van der Waals surface area contributed by atoms with Gasteiger partial charge in [0.15, 0.2) is 0 Å². The minimum atomic E-state index is 0.0596. The van der Waals surface area contributed by atoms with Crippen LogP contribution in [0.5, 0.6) is 0 Å². The van der Waals surface area contributed by atoms with Gasteiger partial charge < -0.3 is 0 Å². The van der Waals surface area contributed by atoms with Crippen LogP contribution in [0.1, 0.15) is 37.8 Å². The first kappa shape index (κ1) is 21.1. The summed E-state index contributed by atoms with van der Waals surface area (Å²) in [5, 5.41) is 2.67. The highest BCUT2D eigenvalue weighted by Crippen LogP contribution is 2.54. The standard InChI is InChI=1S/C33H26S2/c1-3-33(4-2)27-17-23(31-19-21-9-5-7-11-29(21)34-31)13-15-25(27)26-16-14-24(18-28(26)33)32-20-22-10-6-8-12-30(22)35-32/h5-20H,3-4H2,1-2H3. The first-order valence-electron chi connectivity index (χ1n) is 12.5. The van der Waals surface area contributed by atoms with Crippen molar-refractivity contribution in [3.63, 3.8) is 0 Å². The molecule has 2 heteroatoms. The zero-order valence-corrected chi connectivity index (χ0v) is 21.6. The van der Waals surface area contributed by atoms with Crippen LogP contribution in [0, 0.1) is 0 Å². The van der Waals surface area contributed by atoms with Crippen molar-refractivity contribution in [3.05, 3.63) is 108 Å². The molecular formula is C33H26S2. The Bertz CT molecular complexity index is 1530. The normalized spacial score (nSPS) is 13.9. The lowest BCUT2D eigenvalue weighted by Gasteiger charge is -2.30. The zero-order valence-electron chi connectivity index (χ0n) is 20.0. The van der Waals surface area contributed by atoms with Crippen LogP contribution in [0.2, 0.25) is 0 Å². The summed E-state index contributed by atoms with van der Waals surface area (Å²) >= 11 is 3.80. The molecule has 0 nitrogen and oxygen atoms in total. The van der Waals surface area contributed by atoms with Gasteiger partial charge in [0.25, 0.3) is 0 Å². The van der Waals surface area contributed by atoms with Gasteiger partial charge >= 0.3 is 0 Å². The number of hydrogen-bond donors (Lipinski definition) is 0. The first-order valence-corrected chi connectivity index (χ1v) is 14.1. The number of rotatable bonds is 4. The van der Waals surface area contributed by atoms with E-state index < -0.39 is 0 Å². The van der Waals surface area contributed by atoms with E-state index in [0.717, 1.165) is 12.8 Å². The number of hydrogen-bond acceptors (Lipinski definition) is 2. The zero-order chi connectivity index (χ0) is 23.6. The SMILES string of the molecule is CCC1(CC)c2cc(-c3cc4ccccc4s3)ccc2-c2ccc(-c3cc4ccccc4s3)cc21. The molecule has 0 atom stereocenters. The van der Waals surface area contributed by atoms with Crippen LogP contribution in [0.3, 0.4) is 0 Å². The Kier molecular flexibility index (Phi) is 4.77. The van der Waals surface area contributed by atoms with Crippen molar-refractivity contribution in [1.82, 2.24) is 0 Å². The van der Waals surface area contributed by atoms with Gasteiger partial charge in [-0.2, -0.15) is 0 Å². The molecule has 0 aliphatic heterocycles. The third kappa shape index (κ3) is 3.10. The monoisotopic (exact) mass is 486 g/mol. The molecule has 0 saturated carbocycles. The van der Waals surface area contributed by atoms with Crippen LogP contribution in [0.25, 0.3) is 52.2 Å². The molecule has 0 spiro atoms. The smallest absolute Gasteiger partial charge is 0.0355 e. The number of thiophene rings is 2. The average Bonchev–Trinajstić information content (AvgIpc) is 3.60. The fourth-order valence-electron chi connectivity index (χ4n) is 6.06. The Hall–Kier alpha value is -3.20. The first-order chi connectivity index (χ1) is 17.2. The van der Waals surface area contributed by atoms with Crippen molar-refractivity contribution in [2.75, 3.05) is 0 Å². The highest BCUT2D eigenvalue weighted by molar-refractivity contribution is 7.22. The Morgan fingerprint density at radius 3 is 1.43 bits per heavy atom. The van der Waals surface area contributed by atoms with Crippen molar-refractivity contribution < 1.29 is 0 Å². The molecule has 2 heterocycles. The van der Waals surface area contributed by atoms with Crippen LogP contribution >= 0.6 is 22.7 Å². The molecule has 0 radical (unpaired) electrons. The third-order valence-corrected chi connectivity index (χ3v) is 10.3. The maximum atomic E-state index is 2.49. The predicted molar refractivity (Wildman–Crippen MR) is 155 cm³/mol. The van der Waals surface area contributed by atoms with E-state index in [4.69, 9.17) is 0 Å². The minimum absolute atomic E-state index is 0.0596. The van der Waals surface area contributed by atoms with Crippen LogP contribution < -0.4 is 0 Å². The fraction of sp³-hybridized carbons (Fsp3) is 0.152. The molecule has 1 aliphatic carbocycles. The lowest BCUT2D eigenvalue weighted by atomic mass is 9.73. The van der Waals surface area contributed by atoms with Crippen molar-refractivity contribution in [2.24, 2.45) is 0 Å². The molecule has 0 N–H and O–H groups in total. The second-order valence-corrected chi connectivity index (χ2v) is 11.8. The second-order valence-electron chi connectivity index (χ2n) is 9.61. The summed E-state index contributed by atoms with van der Waals surface area (Å²) < 4.78 is 2.72. The Labute approximate surface area is 214 Å². The molecule has 0 saturated heterocycles. The summed E-state index contributed by atoms with van der Waals surface area (Å²) in [4.78, 5) is 2.72. The highest BCUT2D eigenvalue weighted by atomic mass is 32.1. The Morgan fingerprint density at radius 1 is 0.543 bits per heavy atom. The molecule has 1 aliphatic rings. The maximum absolute atomic E-state index is 2.49. The van der Waals surface area contributed by atoms with Gasteiger partial charge in [0.1, 0.15) is 0 Å². The summed E-state index contributed by atoms with van der Waals surface area (Å²) in [6.07, 6.45) is 2.21. The van der Waals surface area contributed by atoms with Gasteiger partial charge in [-0.3, -0.25) is 0 Å². The molecule has 0 fully saturated rings. The van der Waals surface area contributed by atoms with E-state index >= 15 is 0 Å². The van der Waals surface area contributed by atoms with Crippen molar-refractivity contribution in [2.45, 2.75) is 32.1 Å². The Morgan fingerprint density at radius 2 is 1.00 bits per heavy atom. The van der Waals surface area contributed by atoms with E-state index in [0.29, 0.717) is 0 Å². The van der Waals surface area contributed by atoms with Crippen LogP contribution in [-0.2, 0) is 5.41 Å². The van der Waals surface area contributed by atoms with Crippen LogP contribution in [-0.4, -0.2) is 0 Å². The topological polar surface area (TPSA) is 0 Å². The summed E-state index contributed by atoms with van der Waals surface area (Å²) in [6.45, 7) is 4.72.